The Morgan fingerprint density at radius 3 is 2.62 bits per heavy atom. The summed E-state index contributed by atoms with van der Waals surface area (Å²) in [6.45, 7) is 5.44. The van der Waals surface area contributed by atoms with E-state index in [0.717, 1.165) is 42.2 Å². The maximum Gasteiger partial charge on any atom is 0.125 e. The van der Waals surface area contributed by atoms with Gasteiger partial charge in [-0.25, -0.2) is 4.98 Å². The molecule has 0 saturated carbocycles. The SMILES string of the molecule is c1cncc(-c2ncc(CN3CCC(C4CCOCC4)CC3)s2)c1. The van der Waals surface area contributed by atoms with Crippen LogP contribution in [0.15, 0.2) is 30.7 Å². The van der Waals surface area contributed by atoms with Crippen molar-refractivity contribution >= 4 is 11.3 Å². The lowest BCUT2D eigenvalue weighted by Crippen LogP contribution is -2.36. The number of ether oxygens (including phenoxy) is 1. The minimum absolute atomic E-state index is 0.904. The van der Waals surface area contributed by atoms with Crippen molar-refractivity contribution in [3.8, 4) is 10.6 Å². The largest absolute Gasteiger partial charge is 0.381 e. The van der Waals surface area contributed by atoms with Crippen LogP contribution < -0.4 is 0 Å². The molecule has 0 amide bonds. The van der Waals surface area contributed by atoms with Crippen LogP contribution in [0.2, 0.25) is 0 Å². The van der Waals surface area contributed by atoms with Gasteiger partial charge in [0.1, 0.15) is 5.01 Å². The van der Waals surface area contributed by atoms with Gasteiger partial charge >= 0.3 is 0 Å². The van der Waals surface area contributed by atoms with Gasteiger partial charge in [-0.05, 0) is 62.7 Å². The van der Waals surface area contributed by atoms with Crippen molar-refractivity contribution in [2.45, 2.75) is 32.2 Å². The van der Waals surface area contributed by atoms with Gasteiger partial charge in [0, 0.05) is 48.8 Å². The molecular weight excluding hydrogens is 318 g/mol. The van der Waals surface area contributed by atoms with Crippen LogP contribution >= 0.6 is 11.3 Å². The van der Waals surface area contributed by atoms with Crippen LogP contribution in [0.4, 0.5) is 0 Å². The van der Waals surface area contributed by atoms with E-state index in [-0.39, 0.29) is 0 Å². The highest BCUT2D eigenvalue weighted by molar-refractivity contribution is 7.15. The van der Waals surface area contributed by atoms with E-state index >= 15 is 0 Å². The first kappa shape index (κ1) is 16.2. The minimum Gasteiger partial charge on any atom is -0.381 e. The Bertz CT molecular complexity index is 631. The van der Waals surface area contributed by atoms with Crippen molar-refractivity contribution < 1.29 is 4.74 Å². The highest BCUT2D eigenvalue weighted by Crippen LogP contribution is 2.33. The highest BCUT2D eigenvalue weighted by atomic mass is 32.1. The molecule has 24 heavy (non-hydrogen) atoms. The van der Waals surface area contributed by atoms with Gasteiger partial charge in [0.15, 0.2) is 0 Å². The van der Waals surface area contributed by atoms with Crippen LogP contribution in [0.1, 0.15) is 30.6 Å². The van der Waals surface area contributed by atoms with Crippen LogP contribution in [0, 0.1) is 11.8 Å². The summed E-state index contributed by atoms with van der Waals surface area (Å²) in [6.07, 6.45) is 11.0. The van der Waals surface area contributed by atoms with Crippen molar-refractivity contribution in [3.63, 3.8) is 0 Å². The first-order valence-electron chi connectivity index (χ1n) is 9.04. The third kappa shape index (κ3) is 3.85. The van der Waals surface area contributed by atoms with E-state index in [1.54, 1.807) is 17.5 Å². The normalized spacial score (nSPS) is 21.2. The smallest absolute Gasteiger partial charge is 0.125 e. The molecule has 2 aromatic heterocycles. The molecule has 0 unspecified atom stereocenters. The van der Waals surface area contributed by atoms with E-state index in [2.05, 4.69) is 20.9 Å². The summed E-state index contributed by atoms with van der Waals surface area (Å²) in [5.41, 5.74) is 1.12. The number of hydrogen-bond donors (Lipinski definition) is 0. The summed E-state index contributed by atoms with van der Waals surface area (Å²) < 4.78 is 5.51. The van der Waals surface area contributed by atoms with Gasteiger partial charge in [-0.2, -0.15) is 0 Å². The zero-order valence-corrected chi connectivity index (χ0v) is 14.9. The number of piperidine rings is 1. The first-order valence-corrected chi connectivity index (χ1v) is 9.85. The molecule has 4 rings (SSSR count). The zero-order chi connectivity index (χ0) is 16.2. The Labute approximate surface area is 147 Å². The van der Waals surface area contributed by atoms with E-state index in [9.17, 15) is 0 Å². The average molecular weight is 343 g/mol. The van der Waals surface area contributed by atoms with Crippen LogP contribution in [-0.2, 0) is 11.3 Å². The van der Waals surface area contributed by atoms with Crippen molar-refractivity contribution in [1.29, 1.82) is 0 Å². The van der Waals surface area contributed by atoms with E-state index in [4.69, 9.17) is 4.74 Å². The van der Waals surface area contributed by atoms with Crippen LogP contribution in [0.5, 0.6) is 0 Å². The molecule has 2 aliphatic heterocycles. The van der Waals surface area contributed by atoms with Crippen LogP contribution in [0.3, 0.4) is 0 Å². The Hall–Kier alpha value is -1.30. The molecule has 4 heterocycles. The van der Waals surface area contributed by atoms with Gasteiger partial charge in [0.05, 0.1) is 0 Å². The second-order valence-corrected chi connectivity index (χ2v) is 8.05. The molecule has 2 saturated heterocycles. The Kier molecular flexibility index (Phi) is 5.21. The standard InChI is InChI=1S/C19H25N3OS/c1-2-17(12-20-7-1)19-21-13-18(24-19)14-22-8-3-15(4-9-22)16-5-10-23-11-6-16/h1-2,7,12-13,15-16H,3-6,8-11,14H2. The predicted molar refractivity (Wildman–Crippen MR) is 96.9 cm³/mol. The van der Waals surface area contributed by atoms with E-state index < -0.39 is 0 Å². The number of pyridine rings is 1. The van der Waals surface area contributed by atoms with Gasteiger partial charge in [-0.15, -0.1) is 11.3 Å². The summed E-state index contributed by atoms with van der Waals surface area (Å²) in [7, 11) is 0. The van der Waals surface area contributed by atoms with Crippen LogP contribution in [0.25, 0.3) is 10.6 Å². The number of hydrogen-bond acceptors (Lipinski definition) is 5. The second kappa shape index (κ2) is 7.72. The third-order valence-electron chi connectivity index (χ3n) is 5.41. The van der Waals surface area contributed by atoms with Crippen molar-refractivity contribution in [1.82, 2.24) is 14.9 Å². The Balaban J connectivity index is 1.30. The lowest BCUT2D eigenvalue weighted by molar-refractivity contribution is 0.0297. The average Bonchev–Trinajstić information content (AvgIpc) is 3.12. The van der Waals surface area contributed by atoms with Crippen molar-refractivity contribution in [3.05, 3.63) is 35.6 Å². The predicted octanol–water partition coefficient (Wildman–Crippen LogP) is 3.84. The van der Waals surface area contributed by atoms with Gasteiger partial charge in [0.2, 0.25) is 0 Å². The van der Waals surface area contributed by atoms with E-state index in [1.807, 2.05) is 18.5 Å². The van der Waals surface area contributed by atoms with Gasteiger partial charge in [-0.3, -0.25) is 9.88 Å². The lowest BCUT2D eigenvalue weighted by atomic mass is 9.80. The summed E-state index contributed by atoms with van der Waals surface area (Å²) in [5.74, 6) is 1.82. The number of likely N-dealkylation sites (tertiary alicyclic amines) is 1. The molecule has 128 valence electrons. The third-order valence-corrected chi connectivity index (χ3v) is 6.44. The van der Waals surface area contributed by atoms with E-state index in [1.165, 1.54) is 43.6 Å². The fourth-order valence-corrected chi connectivity index (χ4v) is 4.94. The van der Waals surface area contributed by atoms with Crippen LogP contribution in [-0.4, -0.2) is 41.2 Å². The fourth-order valence-electron chi connectivity index (χ4n) is 3.99. The number of nitrogens with zero attached hydrogens (tertiary/aromatic N) is 3. The van der Waals surface area contributed by atoms with Gasteiger partial charge < -0.3 is 4.74 Å². The minimum atomic E-state index is 0.904. The molecule has 0 aliphatic carbocycles. The maximum absolute atomic E-state index is 5.51. The number of rotatable bonds is 4. The molecule has 0 radical (unpaired) electrons. The Morgan fingerprint density at radius 1 is 1.08 bits per heavy atom. The topological polar surface area (TPSA) is 38.2 Å². The summed E-state index contributed by atoms with van der Waals surface area (Å²) in [5, 5.41) is 1.08. The lowest BCUT2D eigenvalue weighted by Gasteiger charge is -2.37. The molecule has 2 aliphatic rings. The first-order chi connectivity index (χ1) is 11.9. The molecule has 0 bridgehead atoms. The molecule has 0 aromatic carbocycles. The highest BCUT2D eigenvalue weighted by Gasteiger charge is 2.28. The fraction of sp³-hybridized carbons (Fsp3) is 0.579. The van der Waals surface area contributed by atoms with Gasteiger partial charge in [0.25, 0.3) is 0 Å². The summed E-state index contributed by atoms with van der Waals surface area (Å²) >= 11 is 1.80. The molecular formula is C19H25N3OS. The Morgan fingerprint density at radius 2 is 1.88 bits per heavy atom. The molecule has 2 fully saturated rings. The molecule has 2 aromatic rings. The van der Waals surface area contributed by atoms with Crippen molar-refractivity contribution in [2.24, 2.45) is 11.8 Å². The quantitative estimate of drug-likeness (QED) is 0.845. The number of thiazole rings is 1. The molecule has 4 nitrogen and oxygen atoms in total. The molecule has 0 N–H and O–H groups in total. The van der Waals surface area contributed by atoms with Crippen molar-refractivity contribution in [2.75, 3.05) is 26.3 Å². The summed E-state index contributed by atoms with van der Waals surface area (Å²) in [4.78, 5) is 12.7. The van der Waals surface area contributed by atoms with E-state index in [0.29, 0.717) is 0 Å². The maximum atomic E-state index is 5.51. The number of aromatic nitrogens is 2. The zero-order valence-electron chi connectivity index (χ0n) is 14.1. The molecule has 5 heteroatoms. The molecule has 0 atom stereocenters. The monoisotopic (exact) mass is 343 g/mol. The second-order valence-electron chi connectivity index (χ2n) is 6.94. The van der Waals surface area contributed by atoms with Gasteiger partial charge in [-0.1, -0.05) is 0 Å². The molecule has 0 spiro atoms. The summed E-state index contributed by atoms with van der Waals surface area (Å²) in [6, 6.07) is 4.05.